The van der Waals surface area contributed by atoms with Crippen molar-refractivity contribution in [2.45, 2.75) is 19.8 Å². The van der Waals surface area contributed by atoms with Crippen molar-refractivity contribution in [2.75, 3.05) is 13.1 Å². The monoisotopic (exact) mass is 238 g/mol. The Hall–Kier alpha value is -1.92. The summed E-state index contributed by atoms with van der Waals surface area (Å²) in [6.07, 6.45) is 2.10. The molecule has 1 amide bonds. The number of aliphatic carboxylic acids is 1. The van der Waals surface area contributed by atoms with Crippen LogP contribution >= 0.6 is 0 Å². The van der Waals surface area contributed by atoms with Crippen molar-refractivity contribution in [3.8, 4) is 0 Å². The molecule has 0 aromatic carbocycles. The fraction of sp³-hybridized carbons (Fsp3) is 0.600. The quantitative estimate of drug-likeness (QED) is 0.755. The normalized spacial score (nSPS) is 14.6. The maximum absolute atomic E-state index is 12.0. The summed E-state index contributed by atoms with van der Waals surface area (Å²) in [4.78, 5) is 27.9. The lowest BCUT2D eigenvalue weighted by Crippen LogP contribution is -2.37. The lowest BCUT2D eigenvalue weighted by atomic mass is 10.3. The molecule has 1 saturated carbocycles. The largest absolute Gasteiger partial charge is 0.480 e. The average molecular weight is 238 g/mol. The molecule has 0 unspecified atom stereocenters. The zero-order valence-corrected chi connectivity index (χ0v) is 9.51. The van der Waals surface area contributed by atoms with Gasteiger partial charge in [0.15, 0.2) is 0 Å². The fourth-order valence-corrected chi connectivity index (χ4v) is 1.57. The Bertz CT molecular complexity index is 439. The summed E-state index contributed by atoms with van der Waals surface area (Å²) >= 11 is 0. The van der Waals surface area contributed by atoms with E-state index in [-0.39, 0.29) is 12.4 Å². The molecule has 1 aliphatic rings. The van der Waals surface area contributed by atoms with Gasteiger partial charge in [0.1, 0.15) is 12.4 Å². The molecule has 1 heterocycles. The lowest BCUT2D eigenvalue weighted by molar-refractivity contribution is -0.137. The van der Waals surface area contributed by atoms with Crippen LogP contribution in [-0.2, 0) is 4.79 Å². The molecule has 17 heavy (non-hydrogen) atoms. The van der Waals surface area contributed by atoms with E-state index < -0.39 is 11.9 Å². The van der Waals surface area contributed by atoms with Crippen LogP contribution in [0.5, 0.6) is 0 Å². The van der Waals surface area contributed by atoms with Crippen LogP contribution in [0.2, 0.25) is 0 Å². The first-order valence-electron chi connectivity index (χ1n) is 5.46. The van der Waals surface area contributed by atoms with E-state index in [0.29, 0.717) is 18.3 Å². The van der Waals surface area contributed by atoms with Gasteiger partial charge in [0, 0.05) is 6.54 Å². The van der Waals surface area contributed by atoms with Crippen LogP contribution < -0.4 is 0 Å². The second-order valence-corrected chi connectivity index (χ2v) is 4.27. The summed E-state index contributed by atoms with van der Waals surface area (Å²) < 4.78 is 0. The highest BCUT2D eigenvalue weighted by Gasteiger charge is 2.29. The first kappa shape index (κ1) is 11.6. The van der Waals surface area contributed by atoms with Gasteiger partial charge in [-0.25, -0.2) is 4.98 Å². The predicted octanol–water partition coefficient (Wildman–Crippen LogP) is 0.0499. The van der Waals surface area contributed by atoms with Crippen molar-refractivity contribution < 1.29 is 14.7 Å². The van der Waals surface area contributed by atoms with E-state index in [1.54, 1.807) is 6.92 Å². The smallest absolute Gasteiger partial charge is 0.323 e. The molecule has 1 aromatic rings. The van der Waals surface area contributed by atoms with E-state index in [0.717, 1.165) is 12.8 Å². The van der Waals surface area contributed by atoms with Gasteiger partial charge in [0.25, 0.3) is 5.91 Å². The van der Waals surface area contributed by atoms with Gasteiger partial charge in [-0.2, -0.15) is 0 Å². The van der Waals surface area contributed by atoms with Gasteiger partial charge >= 0.3 is 5.97 Å². The van der Waals surface area contributed by atoms with Crippen LogP contribution in [0.25, 0.3) is 0 Å². The van der Waals surface area contributed by atoms with Crippen molar-refractivity contribution in [1.82, 2.24) is 20.1 Å². The lowest BCUT2D eigenvalue weighted by Gasteiger charge is -2.18. The molecule has 0 atom stereocenters. The number of nitrogens with zero attached hydrogens (tertiary/aromatic N) is 3. The van der Waals surface area contributed by atoms with E-state index in [2.05, 4.69) is 15.2 Å². The van der Waals surface area contributed by atoms with E-state index in [1.807, 2.05) is 0 Å². The number of carboxylic acids is 1. The molecule has 1 aliphatic carbocycles. The Morgan fingerprint density at radius 1 is 1.53 bits per heavy atom. The fourth-order valence-electron chi connectivity index (χ4n) is 1.57. The van der Waals surface area contributed by atoms with Crippen molar-refractivity contribution in [2.24, 2.45) is 5.92 Å². The highest BCUT2D eigenvalue weighted by molar-refractivity contribution is 5.92. The molecule has 2 rings (SSSR count). The summed E-state index contributed by atoms with van der Waals surface area (Å²) in [5, 5.41) is 15.1. The third-order valence-electron chi connectivity index (χ3n) is 2.58. The SMILES string of the molecule is Cc1nc(C(=O)N(CC(=O)O)CC2CC2)n[nH]1. The van der Waals surface area contributed by atoms with Gasteiger partial charge in [-0.1, -0.05) is 0 Å². The molecule has 0 spiro atoms. The highest BCUT2D eigenvalue weighted by Crippen LogP contribution is 2.29. The molecular weight excluding hydrogens is 224 g/mol. The van der Waals surface area contributed by atoms with Gasteiger partial charge in [-0.15, -0.1) is 5.10 Å². The maximum atomic E-state index is 12.0. The van der Waals surface area contributed by atoms with E-state index in [1.165, 1.54) is 4.90 Å². The molecule has 0 saturated heterocycles. The molecule has 92 valence electrons. The number of hydrogen-bond acceptors (Lipinski definition) is 4. The Morgan fingerprint density at radius 3 is 2.71 bits per heavy atom. The Labute approximate surface area is 97.8 Å². The van der Waals surface area contributed by atoms with Crippen molar-refractivity contribution in [3.05, 3.63) is 11.6 Å². The van der Waals surface area contributed by atoms with Gasteiger partial charge in [-0.3, -0.25) is 14.7 Å². The Balaban J connectivity index is 2.07. The number of aromatic amines is 1. The topological polar surface area (TPSA) is 99.2 Å². The van der Waals surface area contributed by atoms with E-state index >= 15 is 0 Å². The van der Waals surface area contributed by atoms with Crippen molar-refractivity contribution >= 4 is 11.9 Å². The number of rotatable bonds is 5. The number of carboxylic acid groups (broad SMARTS) is 1. The second kappa shape index (κ2) is 4.52. The van der Waals surface area contributed by atoms with Crippen LogP contribution in [0.3, 0.4) is 0 Å². The molecule has 7 heteroatoms. The molecule has 7 nitrogen and oxygen atoms in total. The molecule has 2 N–H and O–H groups in total. The first-order chi connectivity index (χ1) is 8.06. The molecule has 1 fully saturated rings. The van der Waals surface area contributed by atoms with Crippen LogP contribution in [0.1, 0.15) is 29.3 Å². The summed E-state index contributed by atoms with van der Waals surface area (Å²) in [6, 6.07) is 0. The Kier molecular flexibility index (Phi) is 3.08. The number of hydrogen-bond donors (Lipinski definition) is 2. The number of H-pyrrole nitrogens is 1. The van der Waals surface area contributed by atoms with Gasteiger partial charge in [0.05, 0.1) is 0 Å². The zero-order chi connectivity index (χ0) is 12.4. The number of aromatic nitrogens is 3. The molecule has 0 radical (unpaired) electrons. The van der Waals surface area contributed by atoms with Crippen LogP contribution in [0.4, 0.5) is 0 Å². The predicted molar refractivity (Wildman–Crippen MR) is 57.4 cm³/mol. The minimum absolute atomic E-state index is 0.0319. The van der Waals surface area contributed by atoms with Crippen LogP contribution in [-0.4, -0.2) is 50.2 Å². The number of nitrogens with one attached hydrogen (secondary N) is 1. The molecule has 0 bridgehead atoms. The molecule has 1 aromatic heterocycles. The van der Waals surface area contributed by atoms with Gasteiger partial charge < -0.3 is 10.0 Å². The van der Waals surface area contributed by atoms with E-state index in [4.69, 9.17) is 5.11 Å². The standard InChI is InChI=1S/C10H14N4O3/c1-6-11-9(13-12-6)10(17)14(5-8(15)16)4-7-2-3-7/h7H,2-5H2,1H3,(H,15,16)(H,11,12,13). The van der Waals surface area contributed by atoms with Crippen molar-refractivity contribution in [1.29, 1.82) is 0 Å². The second-order valence-electron chi connectivity index (χ2n) is 4.27. The zero-order valence-electron chi connectivity index (χ0n) is 9.51. The molecule has 0 aliphatic heterocycles. The summed E-state index contributed by atoms with van der Waals surface area (Å²) in [5.41, 5.74) is 0. The van der Waals surface area contributed by atoms with Crippen LogP contribution in [0.15, 0.2) is 0 Å². The number of amides is 1. The summed E-state index contributed by atoms with van der Waals surface area (Å²) in [6.45, 7) is 1.86. The van der Waals surface area contributed by atoms with Gasteiger partial charge in [-0.05, 0) is 25.7 Å². The van der Waals surface area contributed by atoms with E-state index in [9.17, 15) is 9.59 Å². The average Bonchev–Trinajstić information content (AvgIpc) is 2.96. The van der Waals surface area contributed by atoms with Gasteiger partial charge in [0.2, 0.25) is 5.82 Å². The Morgan fingerprint density at radius 2 is 2.24 bits per heavy atom. The maximum Gasteiger partial charge on any atom is 0.323 e. The number of carbonyl (C=O) groups is 2. The van der Waals surface area contributed by atoms with Crippen molar-refractivity contribution in [3.63, 3.8) is 0 Å². The third-order valence-corrected chi connectivity index (χ3v) is 2.58. The third kappa shape index (κ3) is 3.02. The minimum Gasteiger partial charge on any atom is -0.480 e. The first-order valence-corrected chi connectivity index (χ1v) is 5.46. The highest BCUT2D eigenvalue weighted by atomic mass is 16.4. The minimum atomic E-state index is -1.02. The number of aryl methyl sites for hydroxylation is 1. The summed E-state index contributed by atoms with van der Waals surface area (Å²) in [7, 11) is 0. The summed E-state index contributed by atoms with van der Waals surface area (Å²) in [5.74, 6) is -0.451. The van der Waals surface area contributed by atoms with Crippen LogP contribution in [0, 0.1) is 12.8 Å². The molecular formula is C10H14N4O3. The number of carbonyl (C=O) groups excluding carboxylic acids is 1.